The van der Waals surface area contributed by atoms with Crippen LogP contribution in [0.3, 0.4) is 0 Å². The maximum Gasteiger partial charge on any atom is 0.244 e. The second kappa shape index (κ2) is 6.55. The van der Waals surface area contributed by atoms with Gasteiger partial charge in [0.2, 0.25) is 10.0 Å². The third-order valence-electron chi connectivity index (χ3n) is 3.78. The van der Waals surface area contributed by atoms with Gasteiger partial charge in [-0.05, 0) is 37.1 Å². The van der Waals surface area contributed by atoms with Crippen molar-refractivity contribution in [3.63, 3.8) is 0 Å². The number of ether oxygens (including phenoxy) is 1. The lowest BCUT2D eigenvalue weighted by Crippen LogP contribution is -2.27. The molecule has 1 aromatic heterocycles. The van der Waals surface area contributed by atoms with E-state index >= 15 is 0 Å². The van der Waals surface area contributed by atoms with E-state index in [0.29, 0.717) is 18.9 Å². The van der Waals surface area contributed by atoms with Gasteiger partial charge in [0.15, 0.2) is 0 Å². The van der Waals surface area contributed by atoms with Crippen molar-refractivity contribution in [2.45, 2.75) is 17.7 Å². The number of nitrogens with one attached hydrogen (secondary N) is 1. The zero-order valence-electron chi connectivity index (χ0n) is 12.9. The Balaban J connectivity index is 1.76. The summed E-state index contributed by atoms with van der Waals surface area (Å²) in [7, 11) is -1.81. The third-order valence-corrected chi connectivity index (χ3v) is 5.66. The van der Waals surface area contributed by atoms with Gasteiger partial charge >= 0.3 is 0 Å². The predicted molar refractivity (Wildman–Crippen MR) is 88.5 cm³/mol. The van der Waals surface area contributed by atoms with Gasteiger partial charge in [-0.3, -0.25) is 0 Å². The van der Waals surface area contributed by atoms with E-state index in [-0.39, 0.29) is 4.90 Å². The number of methoxy groups -OCH3 is 1. The molecule has 1 saturated heterocycles. The zero-order valence-corrected chi connectivity index (χ0v) is 13.7. The number of pyridine rings is 1. The number of anilines is 2. The first-order valence-corrected chi connectivity index (χ1v) is 8.91. The van der Waals surface area contributed by atoms with Crippen LogP contribution in [0.5, 0.6) is 5.75 Å². The standard InChI is InChI=1S/C16H19N3O3S/c1-22-14-6-4-5-13(11-14)18-16-8-7-15(12-17-16)23(20,21)19-9-2-3-10-19/h4-8,11-12H,2-3,9-10H2,1H3,(H,17,18). The van der Waals surface area contributed by atoms with Crippen molar-refractivity contribution in [2.24, 2.45) is 0 Å². The van der Waals surface area contributed by atoms with Gasteiger partial charge in [-0.25, -0.2) is 13.4 Å². The molecule has 0 atom stereocenters. The highest BCUT2D eigenvalue weighted by molar-refractivity contribution is 7.89. The zero-order chi connectivity index (χ0) is 16.3. The van der Waals surface area contributed by atoms with Gasteiger partial charge < -0.3 is 10.1 Å². The highest BCUT2D eigenvalue weighted by atomic mass is 32.2. The molecule has 0 spiro atoms. The number of hydrogen-bond donors (Lipinski definition) is 1. The average molecular weight is 333 g/mol. The Hall–Kier alpha value is -2.12. The summed E-state index contributed by atoms with van der Waals surface area (Å²) >= 11 is 0. The van der Waals surface area contributed by atoms with Crippen molar-refractivity contribution >= 4 is 21.5 Å². The van der Waals surface area contributed by atoms with Crippen molar-refractivity contribution in [3.05, 3.63) is 42.6 Å². The minimum absolute atomic E-state index is 0.232. The fourth-order valence-corrected chi connectivity index (χ4v) is 4.00. The van der Waals surface area contributed by atoms with E-state index in [1.54, 1.807) is 19.2 Å². The molecule has 0 unspecified atom stereocenters. The molecule has 3 rings (SSSR count). The monoisotopic (exact) mass is 333 g/mol. The molecular weight excluding hydrogens is 314 g/mol. The molecule has 1 aliphatic heterocycles. The van der Waals surface area contributed by atoms with E-state index in [1.807, 2.05) is 24.3 Å². The van der Waals surface area contributed by atoms with Crippen LogP contribution in [0.1, 0.15) is 12.8 Å². The van der Waals surface area contributed by atoms with E-state index in [1.165, 1.54) is 10.5 Å². The van der Waals surface area contributed by atoms with Crippen LogP contribution in [0.4, 0.5) is 11.5 Å². The third kappa shape index (κ3) is 3.46. The maximum atomic E-state index is 12.4. The normalized spacial score (nSPS) is 15.5. The first kappa shape index (κ1) is 15.8. The average Bonchev–Trinajstić information content (AvgIpc) is 3.11. The SMILES string of the molecule is COc1cccc(Nc2ccc(S(=O)(=O)N3CCCC3)cn2)c1. The van der Waals surface area contributed by atoms with Gasteiger partial charge in [0.25, 0.3) is 0 Å². The molecule has 0 bridgehead atoms. The minimum Gasteiger partial charge on any atom is -0.497 e. The molecule has 6 nitrogen and oxygen atoms in total. The topological polar surface area (TPSA) is 71.5 Å². The Bertz CT molecular complexity index is 769. The fourth-order valence-electron chi connectivity index (χ4n) is 2.53. The van der Waals surface area contributed by atoms with Gasteiger partial charge in [0.1, 0.15) is 16.5 Å². The van der Waals surface area contributed by atoms with Crippen LogP contribution in [0.2, 0.25) is 0 Å². The number of benzene rings is 1. The second-order valence-corrected chi connectivity index (χ2v) is 7.29. The first-order chi connectivity index (χ1) is 11.1. The van der Waals surface area contributed by atoms with Crippen LogP contribution in [-0.4, -0.2) is 37.9 Å². The molecule has 122 valence electrons. The predicted octanol–water partition coefficient (Wildman–Crippen LogP) is 2.62. The van der Waals surface area contributed by atoms with Crippen LogP contribution in [0.25, 0.3) is 0 Å². The Morgan fingerprint density at radius 2 is 1.96 bits per heavy atom. The molecule has 1 N–H and O–H groups in total. The number of hydrogen-bond acceptors (Lipinski definition) is 5. The molecule has 2 heterocycles. The first-order valence-electron chi connectivity index (χ1n) is 7.47. The molecule has 0 radical (unpaired) electrons. The van der Waals surface area contributed by atoms with E-state index in [9.17, 15) is 8.42 Å². The Kier molecular flexibility index (Phi) is 4.49. The number of sulfonamides is 1. The lowest BCUT2D eigenvalue weighted by atomic mass is 10.3. The fraction of sp³-hybridized carbons (Fsp3) is 0.312. The summed E-state index contributed by atoms with van der Waals surface area (Å²) in [5.74, 6) is 1.32. The van der Waals surface area contributed by atoms with Crippen molar-refractivity contribution in [1.82, 2.24) is 9.29 Å². The van der Waals surface area contributed by atoms with Crippen molar-refractivity contribution in [1.29, 1.82) is 0 Å². The quantitative estimate of drug-likeness (QED) is 0.911. The smallest absolute Gasteiger partial charge is 0.244 e. The number of nitrogens with zero attached hydrogens (tertiary/aromatic N) is 2. The molecule has 0 aliphatic carbocycles. The highest BCUT2D eigenvalue weighted by Crippen LogP contribution is 2.23. The highest BCUT2D eigenvalue weighted by Gasteiger charge is 2.27. The van der Waals surface area contributed by atoms with Crippen molar-refractivity contribution in [3.8, 4) is 5.75 Å². The van der Waals surface area contributed by atoms with Crippen LogP contribution in [0.15, 0.2) is 47.5 Å². The molecule has 1 fully saturated rings. The summed E-state index contributed by atoms with van der Waals surface area (Å²) in [5, 5.41) is 3.13. The second-order valence-electron chi connectivity index (χ2n) is 5.35. The molecule has 1 aromatic carbocycles. The van der Waals surface area contributed by atoms with Crippen LogP contribution >= 0.6 is 0 Å². The summed E-state index contributed by atoms with van der Waals surface area (Å²) in [6.07, 6.45) is 3.24. The van der Waals surface area contributed by atoms with Gasteiger partial charge in [0, 0.05) is 31.0 Å². The van der Waals surface area contributed by atoms with E-state index in [0.717, 1.165) is 24.3 Å². The lowest BCUT2D eigenvalue weighted by molar-refractivity contribution is 0.415. The molecule has 0 saturated carbocycles. The largest absolute Gasteiger partial charge is 0.497 e. The molecule has 23 heavy (non-hydrogen) atoms. The molecule has 0 amide bonds. The van der Waals surface area contributed by atoms with Crippen molar-refractivity contribution in [2.75, 3.05) is 25.5 Å². The maximum absolute atomic E-state index is 12.4. The van der Waals surface area contributed by atoms with Crippen molar-refractivity contribution < 1.29 is 13.2 Å². The van der Waals surface area contributed by atoms with E-state index in [2.05, 4.69) is 10.3 Å². The Labute approximate surface area is 136 Å². The summed E-state index contributed by atoms with van der Waals surface area (Å²) in [4.78, 5) is 4.44. The van der Waals surface area contributed by atoms with E-state index < -0.39 is 10.0 Å². The lowest BCUT2D eigenvalue weighted by Gasteiger charge is -2.15. The van der Waals surface area contributed by atoms with Gasteiger partial charge in [-0.15, -0.1) is 0 Å². The summed E-state index contributed by atoms with van der Waals surface area (Å²) < 4.78 is 31.6. The summed E-state index contributed by atoms with van der Waals surface area (Å²) in [6.45, 7) is 1.18. The summed E-state index contributed by atoms with van der Waals surface area (Å²) in [6, 6.07) is 10.7. The summed E-state index contributed by atoms with van der Waals surface area (Å²) in [5.41, 5.74) is 0.826. The molecule has 1 aliphatic rings. The van der Waals surface area contributed by atoms with Crippen LogP contribution in [0, 0.1) is 0 Å². The van der Waals surface area contributed by atoms with Crippen LogP contribution < -0.4 is 10.1 Å². The van der Waals surface area contributed by atoms with Gasteiger partial charge in [-0.2, -0.15) is 4.31 Å². The Morgan fingerprint density at radius 1 is 1.17 bits per heavy atom. The Morgan fingerprint density at radius 3 is 2.61 bits per heavy atom. The number of rotatable bonds is 5. The molecular formula is C16H19N3O3S. The molecule has 2 aromatic rings. The van der Waals surface area contributed by atoms with Gasteiger partial charge in [-0.1, -0.05) is 6.07 Å². The number of aromatic nitrogens is 1. The molecule has 7 heteroatoms. The van der Waals surface area contributed by atoms with Crippen LogP contribution in [-0.2, 0) is 10.0 Å². The van der Waals surface area contributed by atoms with E-state index in [4.69, 9.17) is 4.74 Å². The van der Waals surface area contributed by atoms with Gasteiger partial charge in [0.05, 0.1) is 7.11 Å². The minimum atomic E-state index is -3.42.